The zero-order valence-corrected chi connectivity index (χ0v) is 16.9. The van der Waals surface area contributed by atoms with Crippen LogP contribution >= 0.6 is 0 Å². The van der Waals surface area contributed by atoms with E-state index in [2.05, 4.69) is 66.3 Å². The van der Waals surface area contributed by atoms with Crippen molar-refractivity contribution in [1.82, 2.24) is 19.7 Å². The quantitative estimate of drug-likeness (QED) is 0.682. The van der Waals surface area contributed by atoms with Crippen LogP contribution in [0.2, 0.25) is 0 Å². The van der Waals surface area contributed by atoms with Crippen LogP contribution in [0.25, 0.3) is 0 Å². The number of benzene rings is 1. The minimum absolute atomic E-state index is 0.0162. The van der Waals surface area contributed by atoms with Crippen LogP contribution in [0.1, 0.15) is 39.9 Å². The van der Waals surface area contributed by atoms with Gasteiger partial charge < -0.3 is 4.74 Å². The van der Waals surface area contributed by atoms with Crippen molar-refractivity contribution in [2.45, 2.75) is 32.9 Å². The number of nitrogens with zero attached hydrogens (tertiary/aromatic N) is 4. The topological polar surface area (TPSA) is 43.2 Å². The van der Waals surface area contributed by atoms with E-state index in [0.29, 0.717) is 0 Å². The molecule has 0 N–H and O–H groups in total. The van der Waals surface area contributed by atoms with Crippen LogP contribution in [0, 0.1) is 13.8 Å². The van der Waals surface area contributed by atoms with E-state index in [0.717, 1.165) is 44.0 Å². The van der Waals surface area contributed by atoms with Gasteiger partial charge in [-0.3, -0.25) is 14.6 Å². The van der Waals surface area contributed by atoms with E-state index >= 15 is 0 Å². The van der Waals surface area contributed by atoms with Crippen molar-refractivity contribution in [1.29, 1.82) is 0 Å². The SMILES string of the molecule is Cc1ccccc1Cc1cccc([C@@H]2CN(Cc3cnn(C)c3C)CCO2)n1. The molecule has 146 valence electrons. The van der Waals surface area contributed by atoms with Crippen LogP contribution in [0.4, 0.5) is 0 Å². The number of ether oxygens (including phenoxy) is 1. The summed E-state index contributed by atoms with van der Waals surface area (Å²) < 4.78 is 8.01. The third-order valence-corrected chi connectivity index (χ3v) is 5.67. The van der Waals surface area contributed by atoms with E-state index < -0.39 is 0 Å². The van der Waals surface area contributed by atoms with Crippen molar-refractivity contribution in [3.8, 4) is 0 Å². The molecule has 1 aromatic carbocycles. The summed E-state index contributed by atoms with van der Waals surface area (Å²) >= 11 is 0. The minimum Gasteiger partial charge on any atom is -0.369 e. The van der Waals surface area contributed by atoms with Gasteiger partial charge in [0.15, 0.2) is 0 Å². The lowest BCUT2D eigenvalue weighted by Crippen LogP contribution is -2.38. The maximum Gasteiger partial charge on any atom is 0.112 e. The van der Waals surface area contributed by atoms with Crippen molar-refractivity contribution in [2.75, 3.05) is 19.7 Å². The highest BCUT2D eigenvalue weighted by Gasteiger charge is 2.24. The highest BCUT2D eigenvalue weighted by Crippen LogP contribution is 2.23. The fraction of sp³-hybridized carbons (Fsp3) is 0.391. The molecular formula is C23H28N4O. The van der Waals surface area contributed by atoms with Crippen molar-refractivity contribution in [3.63, 3.8) is 0 Å². The highest BCUT2D eigenvalue weighted by molar-refractivity contribution is 5.30. The van der Waals surface area contributed by atoms with Crippen LogP contribution in [-0.4, -0.2) is 39.4 Å². The van der Waals surface area contributed by atoms with E-state index in [1.165, 1.54) is 22.4 Å². The van der Waals surface area contributed by atoms with E-state index in [-0.39, 0.29) is 6.10 Å². The van der Waals surface area contributed by atoms with Gasteiger partial charge in [-0.05, 0) is 37.1 Å². The van der Waals surface area contributed by atoms with Gasteiger partial charge in [0.25, 0.3) is 0 Å². The minimum atomic E-state index is 0.0162. The maximum absolute atomic E-state index is 6.07. The first-order chi connectivity index (χ1) is 13.6. The van der Waals surface area contributed by atoms with E-state index in [9.17, 15) is 0 Å². The van der Waals surface area contributed by atoms with Gasteiger partial charge in [-0.15, -0.1) is 0 Å². The van der Waals surface area contributed by atoms with Crippen molar-refractivity contribution in [3.05, 3.63) is 82.4 Å². The van der Waals surface area contributed by atoms with Gasteiger partial charge in [0.1, 0.15) is 6.10 Å². The molecule has 1 aliphatic heterocycles. The van der Waals surface area contributed by atoms with Gasteiger partial charge in [0, 0.05) is 50.1 Å². The molecule has 4 rings (SSSR count). The van der Waals surface area contributed by atoms with Gasteiger partial charge >= 0.3 is 0 Å². The predicted molar refractivity (Wildman–Crippen MR) is 110 cm³/mol. The first kappa shape index (κ1) is 18.8. The molecule has 0 saturated carbocycles. The molecule has 2 aromatic heterocycles. The highest BCUT2D eigenvalue weighted by atomic mass is 16.5. The molecule has 0 unspecified atom stereocenters. The maximum atomic E-state index is 6.07. The summed E-state index contributed by atoms with van der Waals surface area (Å²) in [5.74, 6) is 0. The van der Waals surface area contributed by atoms with E-state index in [4.69, 9.17) is 9.72 Å². The van der Waals surface area contributed by atoms with Gasteiger partial charge in [-0.2, -0.15) is 5.10 Å². The standard InChI is InChI=1S/C23H28N4O/c1-17-7-4-5-8-19(17)13-21-9-6-10-22(25-21)23-16-27(11-12-28-23)15-20-14-24-26(3)18(20)2/h4-10,14,23H,11-13,15-16H2,1-3H3/t23-/m0/s1. The van der Waals surface area contributed by atoms with E-state index in [1.54, 1.807) is 0 Å². The number of hydrogen-bond donors (Lipinski definition) is 0. The Morgan fingerprint density at radius 3 is 2.71 bits per heavy atom. The lowest BCUT2D eigenvalue weighted by Gasteiger charge is -2.32. The summed E-state index contributed by atoms with van der Waals surface area (Å²) in [6, 6.07) is 14.8. The summed E-state index contributed by atoms with van der Waals surface area (Å²) in [5.41, 5.74) is 7.26. The van der Waals surface area contributed by atoms with Crippen LogP contribution < -0.4 is 0 Å². The molecule has 1 fully saturated rings. The number of pyridine rings is 1. The Hall–Kier alpha value is -2.50. The molecule has 28 heavy (non-hydrogen) atoms. The smallest absolute Gasteiger partial charge is 0.112 e. The predicted octanol–water partition coefficient (Wildman–Crippen LogP) is 3.60. The Bertz CT molecular complexity index is 949. The second-order valence-corrected chi connectivity index (χ2v) is 7.63. The summed E-state index contributed by atoms with van der Waals surface area (Å²) in [4.78, 5) is 7.37. The fourth-order valence-electron chi connectivity index (χ4n) is 3.74. The summed E-state index contributed by atoms with van der Waals surface area (Å²) in [5, 5.41) is 4.36. The molecule has 0 spiro atoms. The Morgan fingerprint density at radius 2 is 1.93 bits per heavy atom. The molecule has 3 aromatic rings. The van der Waals surface area contributed by atoms with Gasteiger partial charge in [-0.25, -0.2) is 0 Å². The van der Waals surface area contributed by atoms with E-state index in [1.807, 2.05) is 17.9 Å². The first-order valence-electron chi connectivity index (χ1n) is 9.92. The lowest BCUT2D eigenvalue weighted by molar-refractivity contribution is -0.0351. The summed E-state index contributed by atoms with van der Waals surface area (Å²) in [6.07, 6.45) is 2.84. The average Bonchev–Trinajstić information content (AvgIpc) is 3.02. The number of rotatable bonds is 5. The second kappa shape index (κ2) is 8.25. The van der Waals surface area contributed by atoms with Crippen LogP contribution in [0.5, 0.6) is 0 Å². The van der Waals surface area contributed by atoms with Crippen LogP contribution in [0.15, 0.2) is 48.7 Å². The van der Waals surface area contributed by atoms with Gasteiger partial charge in [0.05, 0.1) is 18.5 Å². The Labute approximate surface area is 167 Å². The number of morpholine rings is 1. The zero-order valence-electron chi connectivity index (χ0n) is 16.9. The largest absolute Gasteiger partial charge is 0.369 e. The van der Waals surface area contributed by atoms with Crippen molar-refractivity contribution < 1.29 is 4.74 Å². The Kier molecular flexibility index (Phi) is 5.55. The molecule has 0 aliphatic carbocycles. The molecule has 0 amide bonds. The van der Waals surface area contributed by atoms with Gasteiger partial charge in [0.2, 0.25) is 0 Å². The van der Waals surface area contributed by atoms with Gasteiger partial charge in [-0.1, -0.05) is 30.3 Å². The molecule has 0 bridgehead atoms. The van der Waals surface area contributed by atoms with Crippen LogP contribution in [-0.2, 0) is 24.8 Å². The number of aromatic nitrogens is 3. The molecule has 1 saturated heterocycles. The zero-order chi connectivity index (χ0) is 19.5. The monoisotopic (exact) mass is 376 g/mol. The number of hydrogen-bond acceptors (Lipinski definition) is 4. The van der Waals surface area contributed by atoms with Crippen LogP contribution in [0.3, 0.4) is 0 Å². The normalized spacial score (nSPS) is 17.8. The molecule has 5 nitrogen and oxygen atoms in total. The molecule has 1 atom stereocenters. The molecule has 0 radical (unpaired) electrons. The molecule has 1 aliphatic rings. The summed E-state index contributed by atoms with van der Waals surface area (Å²) in [6.45, 7) is 7.71. The van der Waals surface area contributed by atoms with Crippen molar-refractivity contribution in [2.24, 2.45) is 7.05 Å². The second-order valence-electron chi connectivity index (χ2n) is 7.63. The molecular weight excluding hydrogens is 348 g/mol. The third kappa shape index (κ3) is 4.16. The first-order valence-corrected chi connectivity index (χ1v) is 9.92. The lowest BCUT2D eigenvalue weighted by atomic mass is 10.0. The third-order valence-electron chi connectivity index (χ3n) is 5.67. The Morgan fingerprint density at radius 1 is 1.07 bits per heavy atom. The number of aryl methyl sites for hydroxylation is 2. The average molecular weight is 377 g/mol. The molecule has 3 heterocycles. The van der Waals surface area contributed by atoms with Crippen molar-refractivity contribution >= 4 is 0 Å². The Balaban J connectivity index is 1.46. The summed E-state index contributed by atoms with van der Waals surface area (Å²) in [7, 11) is 1.99. The fourth-order valence-corrected chi connectivity index (χ4v) is 3.74. The molecule has 5 heteroatoms.